The van der Waals surface area contributed by atoms with Crippen LogP contribution in [0.3, 0.4) is 0 Å². The zero-order chi connectivity index (χ0) is 13.2. The van der Waals surface area contributed by atoms with Crippen LogP contribution in [0.25, 0.3) is 0 Å². The Labute approximate surface area is 113 Å². The highest BCUT2D eigenvalue weighted by Crippen LogP contribution is 2.32. The van der Waals surface area contributed by atoms with Gasteiger partial charge in [0.1, 0.15) is 5.82 Å². The fraction of sp³-hybridized carbons (Fsp3) is 0.294. The Morgan fingerprint density at radius 1 is 1.05 bits per heavy atom. The van der Waals surface area contributed by atoms with Crippen molar-refractivity contribution in [2.45, 2.75) is 31.8 Å². The minimum absolute atomic E-state index is 0.0314. The Balaban J connectivity index is 2.08. The van der Waals surface area contributed by atoms with E-state index in [1.807, 2.05) is 18.2 Å². The number of hydrogen-bond acceptors (Lipinski definition) is 1. The van der Waals surface area contributed by atoms with Gasteiger partial charge < -0.3 is 5.32 Å². The smallest absolute Gasteiger partial charge is 0.128 e. The van der Waals surface area contributed by atoms with Gasteiger partial charge in [-0.15, -0.1) is 0 Å². The van der Waals surface area contributed by atoms with Gasteiger partial charge in [0.15, 0.2) is 0 Å². The molecule has 0 amide bonds. The van der Waals surface area contributed by atoms with Gasteiger partial charge in [-0.2, -0.15) is 0 Å². The zero-order valence-electron chi connectivity index (χ0n) is 11.1. The van der Waals surface area contributed by atoms with E-state index in [-0.39, 0.29) is 11.9 Å². The average Bonchev–Trinajstić information content (AvgIpc) is 2.46. The van der Waals surface area contributed by atoms with Crippen LogP contribution in [0, 0.1) is 5.82 Å². The van der Waals surface area contributed by atoms with Gasteiger partial charge >= 0.3 is 0 Å². The van der Waals surface area contributed by atoms with Crippen molar-refractivity contribution in [1.29, 1.82) is 0 Å². The van der Waals surface area contributed by atoms with Crippen molar-refractivity contribution in [2.24, 2.45) is 0 Å². The third kappa shape index (κ3) is 2.28. The van der Waals surface area contributed by atoms with Crippen LogP contribution in [-0.4, -0.2) is 6.04 Å². The third-order valence-corrected chi connectivity index (χ3v) is 3.94. The molecular weight excluding hydrogens is 237 g/mol. The van der Waals surface area contributed by atoms with E-state index in [1.54, 1.807) is 6.07 Å². The van der Waals surface area contributed by atoms with E-state index in [2.05, 4.69) is 30.4 Å². The lowest BCUT2D eigenvalue weighted by atomic mass is 9.86. The van der Waals surface area contributed by atoms with Crippen LogP contribution in [0.2, 0.25) is 0 Å². The van der Waals surface area contributed by atoms with Gasteiger partial charge in [0.25, 0.3) is 0 Å². The van der Waals surface area contributed by atoms with Crippen molar-refractivity contribution in [3.05, 3.63) is 71.0 Å². The van der Waals surface area contributed by atoms with Gasteiger partial charge in [0.05, 0.1) is 6.04 Å². The summed E-state index contributed by atoms with van der Waals surface area (Å²) in [5.74, 6) is -0.133. The molecule has 0 saturated heterocycles. The molecule has 0 spiro atoms. The molecule has 0 radical (unpaired) electrons. The van der Waals surface area contributed by atoms with Gasteiger partial charge in [-0.1, -0.05) is 49.4 Å². The Bertz CT molecular complexity index is 579. The molecule has 0 bridgehead atoms. The predicted octanol–water partition coefficient (Wildman–Crippen LogP) is 3.84. The number of nitrogens with one attached hydrogen (secondary N) is 1. The van der Waals surface area contributed by atoms with Gasteiger partial charge in [0, 0.05) is 11.6 Å². The fourth-order valence-electron chi connectivity index (χ4n) is 2.88. The molecule has 1 aliphatic rings. The molecule has 2 atom stereocenters. The molecule has 3 rings (SSSR count). The van der Waals surface area contributed by atoms with Crippen molar-refractivity contribution in [3.8, 4) is 0 Å². The lowest BCUT2D eigenvalue weighted by Gasteiger charge is -2.33. The minimum atomic E-state index is -0.133. The molecule has 2 aromatic rings. The van der Waals surface area contributed by atoms with Crippen LogP contribution in [0.4, 0.5) is 4.39 Å². The molecule has 2 aromatic carbocycles. The summed E-state index contributed by atoms with van der Waals surface area (Å²) in [6, 6.07) is 15.8. The molecule has 1 aliphatic heterocycles. The lowest BCUT2D eigenvalue weighted by molar-refractivity contribution is 0.418. The van der Waals surface area contributed by atoms with Crippen molar-refractivity contribution >= 4 is 0 Å². The monoisotopic (exact) mass is 255 g/mol. The zero-order valence-corrected chi connectivity index (χ0v) is 11.1. The summed E-state index contributed by atoms with van der Waals surface area (Å²) in [4.78, 5) is 0. The van der Waals surface area contributed by atoms with Crippen LogP contribution >= 0.6 is 0 Å². The largest absolute Gasteiger partial charge is 0.303 e. The maximum atomic E-state index is 14.1. The Morgan fingerprint density at radius 2 is 1.74 bits per heavy atom. The summed E-state index contributed by atoms with van der Waals surface area (Å²) in [6.45, 7) is 2.17. The number of rotatable bonds is 2. The van der Waals surface area contributed by atoms with Crippen molar-refractivity contribution in [2.75, 3.05) is 0 Å². The Kier molecular flexibility index (Phi) is 3.34. The van der Waals surface area contributed by atoms with E-state index in [0.717, 1.165) is 18.4 Å². The molecule has 19 heavy (non-hydrogen) atoms. The number of benzene rings is 2. The average molecular weight is 255 g/mol. The molecule has 98 valence electrons. The van der Waals surface area contributed by atoms with E-state index in [1.165, 1.54) is 17.2 Å². The molecule has 1 N–H and O–H groups in total. The van der Waals surface area contributed by atoms with E-state index in [9.17, 15) is 4.39 Å². The molecule has 0 aromatic heterocycles. The third-order valence-electron chi connectivity index (χ3n) is 3.94. The number of halogens is 1. The molecule has 0 fully saturated rings. The first-order chi connectivity index (χ1) is 9.29. The lowest BCUT2D eigenvalue weighted by Crippen LogP contribution is -2.39. The molecule has 1 heterocycles. The highest BCUT2D eigenvalue weighted by molar-refractivity contribution is 5.40. The van der Waals surface area contributed by atoms with Crippen LogP contribution in [-0.2, 0) is 6.42 Å². The normalized spacial score (nSPS) is 22.0. The summed E-state index contributed by atoms with van der Waals surface area (Å²) in [7, 11) is 0. The second kappa shape index (κ2) is 5.14. The summed E-state index contributed by atoms with van der Waals surface area (Å²) < 4.78 is 14.1. The summed E-state index contributed by atoms with van der Waals surface area (Å²) in [6.07, 6.45) is 2.08. The summed E-state index contributed by atoms with van der Waals surface area (Å²) in [5, 5.41) is 3.58. The number of fused-ring (bicyclic) bond motifs is 1. The topological polar surface area (TPSA) is 12.0 Å². The summed E-state index contributed by atoms with van der Waals surface area (Å²) >= 11 is 0. The maximum Gasteiger partial charge on any atom is 0.128 e. The quantitative estimate of drug-likeness (QED) is 0.859. The SMILES string of the molecule is CCC1Cc2ccccc2C(c2ccccc2F)N1. The van der Waals surface area contributed by atoms with Crippen molar-refractivity contribution in [1.82, 2.24) is 5.32 Å². The molecular formula is C17H18FN. The highest BCUT2D eigenvalue weighted by Gasteiger charge is 2.27. The second-order valence-corrected chi connectivity index (χ2v) is 5.13. The molecule has 1 nitrogen and oxygen atoms in total. The van der Waals surface area contributed by atoms with Crippen molar-refractivity contribution in [3.63, 3.8) is 0 Å². The highest BCUT2D eigenvalue weighted by atomic mass is 19.1. The maximum absolute atomic E-state index is 14.1. The van der Waals surface area contributed by atoms with Gasteiger partial charge in [0.2, 0.25) is 0 Å². The molecule has 0 aliphatic carbocycles. The fourth-order valence-corrected chi connectivity index (χ4v) is 2.88. The molecule has 0 saturated carbocycles. The van der Waals surface area contributed by atoms with E-state index in [4.69, 9.17) is 0 Å². The van der Waals surface area contributed by atoms with Crippen LogP contribution in [0.15, 0.2) is 48.5 Å². The Hall–Kier alpha value is -1.67. The first-order valence-corrected chi connectivity index (χ1v) is 6.88. The standard InChI is InChI=1S/C17H18FN/c1-2-13-11-12-7-3-4-8-14(12)17(19-13)15-9-5-6-10-16(15)18/h3-10,13,17,19H,2,11H2,1H3. The Morgan fingerprint density at radius 3 is 2.47 bits per heavy atom. The summed E-state index contributed by atoms with van der Waals surface area (Å²) in [5.41, 5.74) is 3.28. The van der Waals surface area contributed by atoms with Gasteiger partial charge in [-0.05, 0) is 30.0 Å². The van der Waals surface area contributed by atoms with E-state index < -0.39 is 0 Å². The van der Waals surface area contributed by atoms with Crippen LogP contribution < -0.4 is 5.32 Å². The molecule has 2 unspecified atom stereocenters. The van der Waals surface area contributed by atoms with Crippen LogP contribution in [0.1, 0.15) is 36.1 Å². The first-order valence-electron chi connectivity index (χ1n) is 6.88. The van der Waals surface area contributed by atoms with E-state index >= 15 is 0 Å². The predicted molar refractivity (Wildman–Crippen MR) is 75.6 cm³/mol. The second-order valence-electron chi connectivity index (χ2n) is 5.13. The van der Waals surface area contributed by atoms with Crippen LogP contribution in [0.5, 0.6) is 0 Å². The van der Waals surface area contributed by atoms with Crippen molar-refractivity contribution < 1.29 is 4.39 Å². The first kappa shape index (κ1) is 12.4. The van der Waals surface area contributed by atoms with E-state index in [0.29, 0.717) is 6.04 Å². The minimum Gasteiger partial charge on any atom is -0.303 e. The molecule has 2 heteroatoms. The van der Waals surface area contributed by atoms with Gasteiger partial charge in [-0.3, -0.25) is 0 Å². The number of hydrogen-bond donors (Lipinski definition) is 1. The van der Waals surface area contributed by atoms with Gasteiger partial charge in [-0.25, -0.2) is 4.39 Å².